The van der Waals surface area contributed by atoms with Crippen molar-refractivity contribution in [3.63, 3.8) is 0 Å². The molecule has 0 saturated heterocycles. The van der Waals surface area contributed by atoms with Crippen LogP contribution in [0, 0.1) is 0 Å². The first kappa shape index (κ1) is 12.5. The van der Waals surface area contributed by atoms with Crippen molar-refractivity contribution in [2.24, 2.45) is 5.84 Å². The van der Waals surface area contributed by atoms with Crippen LogP contribution in [-0.2, 0) is 12.8 Å². The van der Waals surface area contributed by atoms with E-state index in [1.165, 1.54) is 10.4 Å². The molecule has 0 aliphatic carbocycles. The van der Waals surface area contributed by atoms with E-state index in [2.05, 4.69) is 16.5 Å². The van der Waals surface area contributed by atoms with Crippen molar-refractivity contribution >= 4 is 22.9 Å². The lowest BCUT2D eigenvalue weighted by molar-refractivity contribution is 0.525. The molecule has 1 heterocycles. The van der Waals surface area contributed by atoms with E-state index in [1.807, 2.05) is 29.9 Å². The molecule has 17 heavy (non-hydrogen) atoms. The Balaban J connectivity index is 2.00. The molecule has 5 heteroatoms. The molecule has 3 nitrogen and oxygen atoms in total. The van der Waals surface area contributed by atoms with E-state index in [0.717, 1.165) is 17.9 Å². The van der Waals surface area contributed by atoms with Crippen LogP contribution in [0.2, 0.25) is 5.02 Å². The van der Waals surface area contributed by atoms with E-state index < -0.39 is 0 Å². The third kappa shape index (κ3) is 3.78. The predicted octanol–water partition coefficient (Wildman–Crippen LogP) is 2.41. The molecule has 0 radical (unpaired) electrons. The van der Waals surface area contributed by atoms with Crippen molar-refractivity contribution in [1.82, 2.24) is 10.4 Å². The minimum absolute atomic E-state index is 0.203. The molecular formula is C12H14ClN3S. The Morgan fingerprint density at radius 1 is 1.41 bits per heavy atom. The maximum atomic E-state index is 5.95. The highest BCUT2D eigenvalue weighted by atomic mass is 35.5. The van der Waals surface area contributed by atoms with Gasteiger partial charge in [-0.2, -0.15) is 0 Å². The number of benzene rings is 1. The van der Waals surface area contributed by atoms with Crippen LogP contribution in [0.1, 0.15) is 10.4 Å². The normalized spacial score (nSPS) is 12.6. The molecule has 2 rings (SSSR count). The van der Waals surface area contributed by atoms with Gasteiger partial charge in [-0.25, -0.2) is 0 Å². The number of aromatic nitrogens is 1. The first-order valence-corrected chi connectivity index (χ1v) is 6.61. The highest BCUT2D eigenvalue weighted by Gasteiger charge is 2.10. The molecule has 0 fully saturated rings. The first-order valence-electron chi connectivity index (χ1n) is 5.36. The highest BCUT2D eigenvalue weighted by Crippen LogP contribution is 2.15. The molecule has 1 aromatic heterocycles. The molecule has 1 atom stereocenters. The minimum Gasteiger partial charge on any atom is -0.271 e. The summed E-state index contributed by atoms with van der Waals surface area (Å²) in [7, 11) is 0. The summed E-state index contributed by atoms with van der Waals surface area (Å²) in [5, 5.41) is 0.760. The maximum Gasteiger partial charge on any atom is 0.0794 e. The number of halogens is 1. The second-order valence-corrected chi connectivity index (χ2v) is 5.28. The Labute approximate surface area is 110 Å². The van der Waals surface area contributed by atoms with Gasteiger partial charge in [-0.3, -0.25) is 16.3 Å². The first-order chi connectivity index (χ1) is 8.28. The fourth-order valence-electron chi connectivity index (χ4n) is 1.72. The maximum absolute atomic E-state index is 5.95. The summed E-state index contributed by atoms with van der Waals surface area (Å²) >= 11 is 7.60. The monoisotopic (exact) mass is 267 g/mol. The van der Waals surface area contributed by atoms with E-state index in [9.17, 15) is 0 Å². The fourth-order valence-corrected chi connectivity index (χ4v) is 2.61. The van der Waals surface area contributed by atoms with Gasteiger partial charge in [-0.05, 0) is 24.1 Å². The molecular weight excluding hydrogens is 254 g/mol. The zero-order valence-corrected chi connectivity index (χ0v) is 10.8. The van der Waals surface area contributed by atoms with Crippen molar-refractivity contribution in [2.45, 2.75) is 18.9 Å². The van der Waals surface area contributed by atoms with Gasteiger partial charge < -0.3 is 0 Å². The number of thiazole rings is 1. The number of hydrazine groups is 1. The molecule has 0 amide bonds. The summed E-state index contributed by atoms with van der Waals surface area (Å²) in [6.45, 7) is 0. The third-order valence-corrected chi connectivity index (χ3v) is 3.57. The minimum atomic E-state index is 0.203. The number of nitrogens with two attached hydrogens (primary N) is 1. The van der Waals surface area contributed by atoms with Gasteiger partial charge in [0.2, 0.25) is 0 Å². The Bertz CT molecular complexity index is 459. The van der Waals surface area contributed by atoms with Gasteiger partial charge in [-0.15, -0.1) is 11.3 Å². The molecule has 2 aromatic rings. The third-order valence-electron chi connectivity index (χ3n) is 2.54. The van der Waals surface area contributed by atoms with Gasteiger partial charge in [-0.1, -0.05) is 23.7 Å². The molecule has 0 spiro atoms. The summed E-state index contributed by atoms with van der Waals surface area (Å²) < 4.78 is 0. The van der Waals surface area contributed by atoms with Gasteiger partial charge >= 0.3 is 0 Å². The lowest BCUT2D eigenvalue weighted by atomic mass is 10.0. The lowest BCUT2D eigenvalue weighted by Crippen LogP contribution is -2.38. The molecule has 3 N–H and O–H groups in total. The summed E-state index contributed by atoms with van der Waals surface area (Å²) in [5.41, 5.74) is 5.86. The van der Waals surface area contributed by atoms with Crippen LogP contribution in [0.5, 0.6) is 0 Å². The zero-order chi connectivity index (χ0) is 12.1. The van der Waals surface area contributed by atoms with E-state index in [-0.39, 0.29) is 6.04 Å². The zero-order valence-electron chi connectivity index (χ0n) is 9.27. The fraction of sp³-hybridized carbons (Fsp3) is 0.250. The molecule has 0 aliphatic rings. The van der Waals surface area contributed by atoms with Crippen molar-refractivity contribution < 1.29 is 0 Å². The van der Waals surface area contributed by atoms with Crippen LogP contribution in [0.25, 0.3) is 0 Å². The van der Waals surface area contributed by atoms with Crippen molar-refractivity contribution in [3.05, 3.63) is 51.4 Å². The molecule has 0 aliphatic heterocycles. The quantitative estimate of drug-likeness (QED) is 0.646. The molecule has 0 bridgehead atoms. The van der Waals surface area contributed by atoms with Crippen molar-refractivity contribution in [1.29, 1.82) is 0 Å². The summed E-state index contributed by atoms with van der Waals surface area (Å²) in [6, 6.07) is 8.06. The summed E-state index contributed by atoms with van der Waals surface area (Å²) in [4.78, 5) is 5.29. The van der Waals surface area contributed by atoms with Crippen LogP contribution in [0.3, 0.4) is 0 Å². The average Bonchev–Trinajstić information content (AvgIpc) is 2.81. The number of hydrogen-bond donors (Lipinski definition) is 2. The lowest BCUT2D eigenvalue weighted by Gasteiger charge is -2.14. The standard InChI is InChI=1S/C12H14ClN3S/c13-10-3-1-2-9(4-10)5-11(16-14)6-12-7-15-8-17-12/h1-4,7-8,11,16H,5-6,14H2. The Morgan fingerprint density at radius 3 is 2.94 bits per heavy atom. The summed E-state index contributed by atoms with van der Waals surface area (Å²) in [6.07, 6.45) is 3.62. The van der Waals surface area contributed by atoms with Crippen LogP contribution in [0.15, 0.2) is 36.0 Å². The number of nitrogens with zero attached hydrogens (tertiary/aromatic N) is 1. The number of hydrogen-bond acceptors (Lipinski definition) is 4. The topological polar surface area (TPSA) is 50.9 Å². The van der Waals surface area contributed by atoms with Crippen LogP contribution in [-0.4, -0.2) is 11.0 Å². The average molecular weight is 268 g/mol. The van der Waals surface area contributed by atoms with Crippen LogP contribution < -0.4 is 11.3 Å². The molecule has 90 valence electrons. The predicted molar refractivity (Wildman–Crippen MR) is 72.1 cm³/mol. The molecule has 0 saturated carbocycles. The van der Waals surface area contributed by atoms with Crippen LogP contribution >= 0.6 is 22.9 Å². The van der Waals surface area contributed by atoms with E-state index in [0.29, 0.717) is 0 Å². The van der Waals surface area contributed by atoms with E-state index in [1.54, 1.807) is 11.3 Å². The van der Waals surface area contributed by atoms with Crippen molar-refractivity contribution in [3.8, 4) is 0 Å². The molecule has 1 unspecified atom stereocenters. The molecule has 1 aromatic carbocycles. The SMILES string of the molecule is NNC(Cc1cccc(Cl)c1)Cc1cncs1. The Morgan fingerprint density at radius 2 is 2.29 bits per heavy atom. The second kappa shape index (κ2) is 6.12. The Hall–Kier alpha value is -0.940. The van der Waals surface area contributed by atoms with Gasteiger partial charge in [0.25, 0.3) is 0 Å². The highest BCUT2D eigenvalue weighted by molar-refractivity contribution is 7.09. The second-order valence-electron chi connectivity index (χ2n) is 3.87. The largest absolute Gasteiger partial charge is 0.271 e. The van der Waals surface area contributed by atoms with Crippen LogP contribution in [0.4, 0.5) is 0 Å². The van der Waals surface area contributed by atoms with Gasteiger partial charge in [0.15, 0.2) is 0 Å². The van der Waals surface area contributed by atoms with Gasteiger partial charge in [0.1, 0.15) is 0 Å². The number of rotatable bonds is 5. The number of nitrogens with one attached hydrogen (secondary N) is 1. The summed E-state index contributed by atoms with van der Waals surface area (Å²) in [5.74, 6) is 5.58. The van der Waals surface area contributed by atoms with Gasteiger partial charge in [0, 0.05) is 28.6 Å². The Kier molecular flexibility index (Phi) is 4.50. The van der Waals surface area contributed by atoms with E-state index >= 15 is 0 Å². The smallest absolute Gasteiger partial charge is 0.0794 e. The van der Waals surface area contributed by atoms with Crippen molar-refractivity contribution in [2.75, 3.05) is 0 Å². The van der Waals surface area contributed by atoms with E-state index in [4.69, 9.17) is 17.4 Å². The van der Waals surface area contributed by atoms with Gasteiger partial charge in [0.05, 0.1) is 5.51 Å².